The van der Waals surface area contributed by atoms with E-state index in [1.165, 1.54) is 6.07 Å². The van der Waals surface area contributed by atoms with E-state index in [4.69, 9.17) is 12.2 Å². The number of aliphatic hydroxyl groups is 1. The van der Waals surface area contributed by atoms with Gasteiger partial charge in [0.25, 0.3) is 5.69 Å². The van der Waals surface area contributed by atoms with Crippen molar-refractivity contribution in [1.82, 2.24) is 14.3 Å². The minimum Gasteiger partial charge on any atom is -0.388 e. The summed E-state index contributed by atoms with van der Waals surface area (Å²) in [5.41, 5.74) is 1.99. The molecule has 2 aromatic rings. The number of aromatic nitrogens is 3. The van der Waals surface area contributed by atoms with Crippen LogP contribution in [0.5, 0.6) is 0 Å². The van der Waals surface area contributed by atoms with Gasteiger partial charge in [-0.25, -0.2) is 4.68 Å². The van der Waals surface area contributed by atoms with E-state index in [-0.39, 0.29) is 12.3 Å². The van der Waals surface area contributed by atoms with Crippen LogP contribution in [0.25, 0.3) is 0 Å². The Morgan fingerprint density at radius 2 is 2.27 bits per heavy atom. The summed E-state index contributed by atoms with van der Waals surface area (Å²) < 4.78 is 3.78. The first-order valence-corrected chi connectivity index (χ1v) is 7.18. The van der Waals surface area contributed by atoms with Crippen molar-refractivity contribution in [3.63, 3.8) is 0 Å². The number of aliphatic hydroxyl groups excluding tert-OH is 1. The number of rotatable bonds is 4. The van der Waals surface area contributed by atoms with Crippen LogP contribution in [-0.4, -0.2) is 30.9 Å². The Bertz CT molecular complexity index is 797. The number of non-ortho nitro benzene ring substituents is 1. The maximum absolute atomic E-state index is 10.9. The molecule has 3 rings (SSSR count). The largest absolute Gasteiger partial charge is 0.388 e. The molecule has 1 aliphatic heterocycles. The van der Waals surface area contributed by atoms with E-state index in [1.807, 2.05) is 4.90 Å². The van der Waals surface area contributed by atoms with E-state index in [0.717, 1.165) is 24.2 Å². The normalized spacial score (nSPS) is 13.5. The molecule has 0 aliphatic carbocycles. The van der Waals surface area contributed by atoms with E-state index in [9.17, 15) is 15.2 Å². The van der Waals surface area contributed by atoms with Gasteiger partial charge in [-0.1, -0.05) is 6.07 Å². The number of nitrogens with zero attached hydrogens (tertiary/aromatic N) is 5. The summed E-state index contributed by atoms with van der Waals surface area (Å²) in [5.74, 6) is 0.489. The molecule has 1 aromatic carbocycles. The fraction of sp³-hybridized carbons (Fsp3) is 0.385. The molecule has 2 heterocycles. The number of hydrogen-bond acceptors (Lipinski definition) is 6. The molecule has 116 valence electrons. The Labute approximate surface area is 131 Å². The van der Waals surface area contributed by atoms with Crippen LogP contribution >= 0.6 is 12.2 Å². The van der Waals surface area contributed by atoms with Crippen LogP contribution in [0.4, 0.5) is 11.4 Å². The zero-order valence-corrected chi connectivity index (χ0v) is 12.8. The Morgan fingerprint density at radius 3 is 2.91 bits per heavy atom. The molecule has 8 nitrogen and oxygen atoms in total. The predicted molar refractivity (Wildman–Crippen MR) is 82.1 cm³/mol. The van der Waals surface area contributed by atoms with Gasteiger partial charge in [0, 0.05) is 31.4 Å². The second-order valence-electron chi connectivity index (χ2n) is 5.14. The fourth-order valence-electron chi connectivity index (χ4n) is 2.62. The van der Waals surface area contributed by atoms with Crippen LogP contribution in [0, 0.1) is 14.9 Å². The Balaban J connectivity index is 1.92. The molecule has 0 saturated carbocycles. The fourth-order valence-corrected chi connectivity index (χ4v) is 2.82. The summed E-state index contributed by atoms with van der Waals surface area (Å²) in [5, 5.41) is 24.4. The molecule has 0 unspecified atom stereocenters. The van der Waals surface area contributed by atoms with Gasteiger partial charge < -0.3 is 14.6 Å². The highest BCUT2D eigenvalue weighted by molar-refractivity contribution is 7.71. The summed E-state index contributed by atoms with van der Waals surface area (Å²) in [4.78, 5) is 12.5. The van der Waals surface area contributed by atoms with Crippen molar-refractivity contribution in [2.45, 2.75) is 19.7 Å². The molecular formula is C13H15N5O3S. The molecule has 0 spiro atoms. The van der Waals surface area contributed by atoms with Crippen molar-refractivity contribution in [3.8, 4) is 0 Å². The molecule has 1 N–H and O–H groups in total. The molecule has 22 heavy (non-hydrogen) atoms. The molecule has 0 radical (unpaired) electrons. The van der Waals surface area contributed by atoms with Crippen molar-refractivity contribution in [1.29, 1.82) is 0 Å². The zero-order chi connectivity index (χ0) is 15.9. The maximum Gasteiger partial charge on any atom is 0.271 e. The highest BCUT2D eigenvalue weighted by atomic mass is 32.1. The Hall–Kier alpha value is -2.26. The molecule has 0 amide bonds. The second kappa shape index (κ2) is 5.50. The first kappa shape index (κ1) is 14.7. The minimum atomic E-state index is -0.396. The van der Waals surface area contributed by atoms with Gasteiger partial charge in [-0.05, 0) is 24.2 Å². The number of nitro benzene ring substituents is 1. The molecule has 1 aromatic heterocycles. The topological polar surface area (TPSA) is 89.4 Å². The van der Waals surface area contributed by atoms with Crippen molar-refractivity contribution in [3.05, 3.63) is 44.5 Å². The predicted octanol–water partition coefficient (Wildman–Crippen LogP) is 1.37. The lowest BCUT2D eigenvalue weighted by molar-refractivity contribution is -0.384. The van der Waals surface area contributed by atoms with Gasteiger partial charge in [0.05, 0.1) is 4.92 Å². The van der Waals surface area contributed by atoms with Crippen molar-refractivity contribution >= 4 is 23.6 Å². The van der Waals surface area contributed by atoms with E-state index in [0.29, 0.717) is 17.3 Å². The number of anilines is 1. The van der Waals surface area contributed by atoms with Gasteiger partial charge in [-0.2, -0.15) is 5.10 Å². The van der Waals surface area contributed by atoms with Gasteiger partial charge in [0.15, 0.2) is 10.6 Å². The third kappa shape index (κ3) is 2.38. The Kier molecular flexibility index (Phi) is 3.67. The minimum absolute atomic E-state index is 0.0753. The summed E-state index contributed by atoms with van der Waals surface area (Å²) in [6.07, 6.45) is 0.834. The van der Waals surface area contributed by atoms with Gasteiger partial charge in [0.2, 0.25) is 0 Å². The van der Waals surface area contributed by atoms with Crippen LogP contribution in [-0.2, 0) is 26.7 Å². The third-order valence-corrected chi connectivity index (χ3v) is 4.33. The van der Waals surface area contributed by atoms with Crippen molar-refractivity contribution < 1.29 is 10.0 Å². The van der Waals surface area contributed by atoms with Crippen LogP contribution in [0.2, 0.25) is 0 Å². The first-order valence-electron chi connectivity index (χ1n) is 6.77. The van der Waals surface area contributed by atoms with Crippen LogP contribution < -0.4 is 4.90 Å². The van der Waals surface area contributed by atoms with E-state index < -0.39 is 4.92 Å². The molecule has 0 atom stereocenters. The molecule has 0 saturated heterocycles. The van der Waals surface area contributed by atoms with E-state index >= 15 is 0 Å². The highest BCUT2D eigenvalue weighted by Crippen LogP contribution is 2.31. The smallest absolute Gasteiger partial charge is 0.271 e. The summed E-state index contributed by atoms with van der Waals surface area (Å²) in [6.45, 7) is 0.972. The maximum atomic E-state index is 10.9. The molecule has 9 heteroatoms. The summed E-state index contributed by atoms with van der Waals surface area (Å²) in [7, 11) is 1.75. The molecule has 0 bridgehead atoms. The van der Waals surface area contributed by atoms with Crippen LogP contribution in [0.3, 0.4) is 0 Å². The highest BCUT2D eigenvalue weighted by Gasteiger charge is 2.23. The molecular weight excluding hydrogens is 306 g/mol. The lowest BCUT2D eigenvalue weighted by Crippen LogP contribution is -2.25. The van der Waals surface area contributed by atoms with Crippen LogP contribution in [0.15, 0.2) is 18.2 Å². The van der Waals surface area contributed by atoms with Crippen LogP contribution in [0.1, 0.15) is 11.4 Å². The average molecular weight is 321 g/mol. The van der Waals surface area contributed by atoms with E-state index in [1.54, 1.807) is 28.4 Å². The average Bonchev–Trinajstić information content (AvgIpc) is 3.03. The van der Waals surface area contributed by atoms with E-state index in [2.05, 4.69) is 5.10 Å². The number of hydrogen-bond donors (Lipinski definition) is 1. The standard InChI is InChI=1S/C13H15N5O3S/c1-15-12(7-19)14-17(13(15)22)8-16-5-4-9-2-3-10(18(20)21)6-11(9)16/h2-3,6,19H,4-5,7-8H2,1H3. The first-order chi connectivity index (χ1) is 10.5. The van der Waals surface area contributed by atoms with Gasteiger partial charge >= 0.3 is 0 Å². The molecule has 0 fully saturated rings. The number of benzene rings is 1. The van der Waals surface area contributed by atoms with Gasteiger partial charge in [-0.15, -0.1) is 0 Å². The van der Waals surface area contributed by atoms with Crippen molar-refractivity contribution in [2.24, 2.45) is 7.05 Å². The third-order valence-electron chi connectivity index (χ3n) is 3.85. The zero-order valence-electron chi connectivity index (χ0n) is 12.0. The Morgan fingerprint density at radius 1 is 1.50 bits per heavy atom. The monoisotopic (exact) mass is 321 g/mol. The lowest BCUT2D eigenvalue weighted by Gasteiger charge is -2.18. The van der Waals surface area contributed by atoms with Gasteiger partial charge in [0.1, 0.15) is 13.3 Å². The summed E-state index contributed by atoms with van der Waals surface area (Å²) in [6, 6.07) is 4.91. The van der Waals surface area contributed by atoms with Crippen molar-refractivity contribution in [2.75, 3.05) is 11.4 Å². The number of nitro groups is 1. The molecule has 1 aliphatic rings. The SMILES string of the molecule is Cn1c(CO)nn(CN2CCc3ccc([N+](=O)[O-])cc32)c1=S. The van der Waals surface area contributed by atoms with Gasteiger partial charge in [-0.3, -0.25) is 10.1 Å². The second-order valence-corrected chi connectivity index (χ2v) is 5.51. The quantitative estimate of drug-likeness (QED) is 0.520. The lowest BCUT2D eigenvalue weighted by atomic mass is 10.1. The summed E-state index contributed by atoms with van der Waals surface area (Å²) >= 11 is 5.30. The number of fused-ring (bicyclic) bond motifs is 1.